The summed E-state index contributed by atoms with van der Waals surface area (Å²) in [7, 11) is 0. The van der Waals surface area contributed by atoms with Crippen molar-refractivity contribution in [2.75, 3.05) is 6.54 Å². The molecule has 56 valence electrons. The maximum Gasteiger partial charge on any atom is 0.0631 e. The van der Waals surface area contributed by atoms with Crippen molar-refractivity contribution in [2.24, 2.45) is 5.73 Å². The number of aliphatic hydroxyl groups is 1. The third-order valence-corrected chi connectivity index (χ3v) is 1.47. The molecule has 0 aromatic carbocycles. The molecule has 0 heterocycles. The number of rotatable bonds is 4. The highest BCUT2D eigenvalue weighted by Gasteiger charge is 2.16. The van der Waals surface area contributed by atoms with Gasteiger partial charge in [0.05, 0.1) is 5.60 Å². The molecule has 0 spiro atoms. The fraction of sp³-hybridized carbons (Fsp3) is 1.00. The van der Waals surface area contributed by atoms with E-state index in [0.29, 0.717) is 13.0 Å². The Morgan fingerprint density at radius 1 is 1.44 bits per heavy atom. The van der Waals surface area contributed by atoms with Crippen molar-refractivity contribution in [3.63, 3.8) is 0 Å². The Hall–Kier alpha value is -0.0800. The van der Waals surface area contributed by atoms with Crippen molar-refractivity contribution in [3.05, 3.63) is 0 Å². The highest BCUT2D eigenvalue weighted by atomic mass is 16.3. The van der Waals surface area contributed by atoms with E-state index < -0.39 is 5.60 Å². The molecule has 0 saturated carbocycles. The standard InChI is InChI=1S/C7H17NO/c1-3-4-7(2,9)5-6-8/h9H,3-6,8H2,1-2H3. The van der Waals surface area contributed by atoms with Crippen molar-refractivity contribution in [1.29, 1.82) is 0 Å². The Morgan fingerprint density at radius 2 is 2.00 bits per heavy atom. The van der Waals surface area contributed by atoms with Crippen LogP contribution in [-0.2, 0) is 0 Å². The van der Waals surface area contributed by atoms with Crippen LogP contribution in [-0.4, -0.2) is 17.3 Å². The predicted octanol–water partition coefficient (Wildman–Crippen LogP) is 0.886. The van der Waals surface area contributed by atoms with Gasteiger partial charge in [-0.05, 0) is 26.3 Å². The second-order valence-electron chi connectivity index (χ2n) is 2.79. The van der Waals surface area contributed by atoms with Crippen molar-refractivity contribution in [3.8, 4) is 0 Å². The maximum absolute atomic E-state index is 9.43. The zero-order valence-electron chi connectivity index (χ0n) is 6.35. The molecule has 0 amide bonds. The van der Waals surface area contributed by atoms with Gasteiger partial charge in [-0.1, -0.05) is 13.3 Å². The first kappa shape index (κ1) is 8.92. The van der Waals surface area contributed by atoms with E-state index in [9.17, 15) is 5.11 Å². The first-order chi connectivity index (χ1) is 4.12. The first-order valence-electron chi connectivity index (χ1n) is 3.55. The lowest BCUT2D eigenvalue weighted by atomic mass is 9.97. The molecule has 9 heavy (non-hydrogen) atoms. The minimum absolute atomic E-state index is 0.524. The van der Waals surface area contributed by atoms with Crippen LogP contribution in [0.5, 0.6) is 0 Å². The van der Waals surface area contributed by atoms with Crippen LogP contribution in [0.1, 0.15) is 33.1 Å². The van der Waals surface area contributed by atoms with Crippen LogP contribution >= 0.6 is 0 Å². The van der Waals surface area contributed by atoms with E-state index >= 15 is 0 Å². The van der Waals surface area contributed by atoms with Gasteiger partial charge >= 0.3 is 0 Å². The van der Waals surface area contributed by atoms with Crippen LogP contribution in [0, 0.1) is 0 Å². The molecule has 2 heteroatoms. The van der Waals surface area contributed by atoms with E-state index in [4.69, 9.17) is 5.73 Å². The summed E-state index contributed by atoms with van der Waals surface area (Å²) in [6.45, 7) is 4.47. The van der Waals surface area contributed by atoms with Gasteiger partial charge in [-0.25, -0.2) is 0 Å². The molecule has 1 unspecified atom stereocenters. The summed E-state index contributed by atoms with van der Waals surface area (Å²) in [5.41, 5.74) is 4.76. The van der Waals surface area contributed by atoms with Crippen molar-refractivity contribution < 1.29 is 5.11 Å². The van der Waals surface area contributed by atoms with Crippen LogP contribution in [0.2, 0.25) is 0 Å². The molecule has 2 nitrogen and oxygen atoms in total. The van der Waals surface area contributed by atoms with Crippen LogP contribution < -0.4 is 5.73 Å². The molecule has 0 aromatic heterocycles. The van der Waals surface area contributed by atoms with Gasteiger partial charge in [0.15, 0.2) is 0 Å². The smallest absolute Gasteiger partial charge is 0.0631 e. The highest BCUT2D eigenvalue weighted by molar-refractivity contribution is 4.71. The van der Waals surface area contributed by atoms with Gasteiger partial charge in [-0.15, -0.1) is 0 Å². The van der Waals surface area contributed by atoms with Crippen LogP contribution in [0.15, 0.2) is 0 Å². The van der Waals surface area contributed by atoms with E-state index in [1.807, 2.05) is 6.92 Å². The monoisotopic (exact) mass is 131 g/mol. The van der Waals surface area contributed by atoms with Gasteiger partial charge in [-0.3, -0.25) is 0 Å². The van der Waals surface area contributed by atoms with Gasteiger partial charge in [-0.2, -0.15) is 0 Å². The quantitative estimate of drug-likeness (QED) is 0.595. The molecule has 0 aliphatic rings. The zero-order chi connectivity index (χ0) is 7.33. The SMILES string of the molecule is CCCC(C)(O)CCN. The first-order valence-corrected chi connectivity index (χ1v) is 3.55. The Morgan fingerprint density at radius 3 is 2.33 bits per heavy atom. The lowest BCUT2D eigenvalue weighted by molar-refractivity contribution is 0.0438. The number of nitrogens with two attached hydrogens (primary N) is 1. The summed E-state index contributed by atoms with van der Waals surface area (Å²) in [6, 6.07) is 0. The number of hydrogen-bond donors (Lipinski definition) is 2. The topological polar surface area (TPSA) is 46.2 Å². The maximum atomic E-state index is 9.43. The molecular weight excluding hydrogens is 114 g/mol. The molecule has 0 radical (unpaired) electrons. The van der Waals surface area contributed by atoms with Crippen molar-refractivity contribution in [2.45, 2.75) is 38.7 Å². The molecule has 0 fully saturated rings. The average molecular weight is 131 g/mol. The Balaban J connectivity index is 3.43. The van der Waals surface area contributed by atoms with Gasteiger partial charge in [0.2, 0.25) is 0 Å². The second kappa shape index (κ2) is 3.85. The van der Waals surface area contributed by atoms with Crippen LogP contribution in [0.25, 0.3) is 0 Å². The van der Waals surface area contributed by atoms with Gasteiger partial charge in [0, 0.05) is 0 Å². The minimum Gasteiger partial charge on any atom is -0.390 e. The molecule has 3 N–H and O–H groups in total. The fourth-order valence-electron chi connectivity index (χ4n) is 0.975. The summed E-state index contributed by atoms with van der Waals surface area (Å²) < 4.78 is 0. The molecule has 1 atom stereocenters. The average Bonchev–Trinajstić information content (AvgIpc) is 1.64. The van der Waals surface area contributed by atoms with E-state index in [-0.39, 0.29) is 0 Å². The Labute approximate surface area is 57.1 Å². The van der Waals surface area contributed by atoms with Crippen LogP contribution in [0.3, 0.4) is 0 Å². The van der Waals surface area contributed by atoms with E-state index in [1.165, 1.54) is 0 Å². The van der Waals surface area contributed by atoms with Crippen molar-refractivity contribution in [1.82, 2.24) is 0 Å². The predicted molar refractivity (Wildman–Crippen MR) is 39.2 cm³/mol. The number of hydrogen-bond acceptors (Lipinski definition) is 2. The lowest BCUT2D eigenvalue weighted by Gasteiger charge is -2.20. The van der Waals surface area contributed by atoms with E-state index in [0.717, 1.165) is 12.8 Å². The van der Waals surface area contributed by atoms with Gasteiger partial charge in [0.1, 0.15) is 0 Å². The molecule has 0 aromatic rings. The largest absolute Gasteiger partial charge is 0.390 e. The lowest BCUT2D eigenvalue weighted by Crippen LogP contribution is -2.27. The van der Waals surface area contributed by atoms with E-state index in [1.54, 1.807) is 0 Å². The third kappa shape index (κ3) is 4.43. The summed E-state index contributed by atoms with van der Waals surface area (Å²) >= 11 is 0. The van der Waals surface area contributed by atoms with Gasteiger partial charge < -0.3 is 10.8 Å². The van der Waals surface area contributed by atoms with Gasteiger partial charge in [0.25, 0.3) is 0 Å². The summed E-state index contributed by atoms with van der Waals surface area (Å²) in [5, 5.41) is 9.43. The molecule has 0 aliphatic carbocycles. The molecule has 0 rings (SSSR count). The molecule has 0 bridgehead atoms. The Kier molecular flexibility index (Phi) is 3.82. The summed E-state index contributed by atoms with van der Waals surface area (Å²) in [5.74, 6) is 0. The summed E-state index contributed by atoms with van der Waals surface area (Å²) in [6.07, 6.45) is 2.58. The van der Waals surface area contributed by atoms with Crippen LogP contribution in [0.4, 0.5) is 0 Å². The Bertz CT molecular complexity index is 63.3. The molecule has 0 aliphatic heterocycles. The molecule has 0 saturated heterocycles. The molecular formula is C7H17NO. The van der Waals surface area contributed by atoms with Crippen molar-refractivity contribution >= 4 is 0 Å². The highest BCUT2D eigenvalue weighted by Crippen LogP contribution is 2.14. The zero-order valence-corrected chi connectivity index (χ0v) is 6.35. The van der Waals surface area contributed by atoms with E-state index in [2.05, 4.69) is 6.92 Å². The summed E-state index contributed by atoms with van der Waals surface area (Å²) in [4.78, 5) is 0. The normalized spacial score (nSPS) is 17.3. The fourth-order valence-corrected chi connectivity index (χ4v) is 0.975. The second-order valence-corrected chi connectivity index (χ2v) is 2.79. The third-order valence-electron chi connectivity index (χ3n) is 1.47. The minimum atomic E-state index is -0.524.